The standard InChI is InChI=1S/C30H27N3O3S/c1-3-36-30(35)28-18(2)24-25(26-22(31-29(24)37-28)15-10-16-23(26)34)21-17-33(20-13-8-5-9-14-20)32-27(21)19-11-6-4-7-12-19/h4-9,11-14,17,25,31H,3,10,15-16H2,1-2H3. The quantitative estimate of drug-likeness (QED) is 0.305. The first-order valence-electron chi connectivity index (χ1n) is 12.6. The zero-order valence-electron chi connectivity index (χ0n) is 20.8. The van der Waals surface area contributed by atoms with Crippen molar-refractivity contribution in [2.75, 3.05) is 11.9 Å². The molecular formula is C30H27N3O3S. The van der Waals surface area contributed by atoms with Gasteiger partial charge in [-0.2, -0.15) is 5.10 Å². The van der Waals surface area contributed by atoms with Gasteiger partial charge in [0.1, 0.15) is 4.88 Å². The third-order valence-electron chi connectivity index (χ3n) is 7.07. The number of Topliss-reactive ketones (excluding diaryl/α,β-unsaturated/α-hetero) is 1. The zero-order valence-corrected chi connectivity index (χ0v) is 21.6. The van der Waals surface area contributed by atoms with E-state index >= 15 is 0 Å². The van der Waals surface area contributed by atoms with E-state index in [-0.39, 0.29) is 17.7 Å². The SMILES string of the molecule is CCOC(=O)c1sc2c(c1C)C(c1cn(-c3ccccc3)nc1-c1ccccc1)C1=C(CCCC1=O)N2. The van der Waals surface area contributed by atoms with Gasteiger partial charge in [-0.05, 0) is 44.4 Å². The molecule has 6 rings (SSSR count). The van der Waals surface area contributed by atoms with Crippen LogP contribution in [0, 0.1) is 6.92 Å². The number of benzene rings is 2. The molecule has 0 saturated carbocycles. The maximum Gasteiger partial charge on any atom is 0.348 e. The minimum absolute atomic E-state index is 0.152. The molecule has 1 atom stereocenters. The molecule has 0 radical (unpaired) electrons. The first-order chi connectivity index (χ1) is 18.1. The molecule has 0 saturated heterocycles. The number of thiophene rings is 1. The van der Waals surface area contributed by atoms with Gasteiger partial charge in [0.15, 0.2) is 5.78 Å². The fraction of sp³-hybridized carbons (Fsp3) is 0.233. The number of anilines is 1. The zero-order chi connectivity index (χ0) is 25.5. The van der Waals surface area contributed by atoms with Crippen molar-refractivity contribution in [3.8, 4) is 16.9 Å². The van der Waals surface area contributed by atoms with Crippen LogP contribution in [0.1, 0.15) is 58.5 Å². The predicted molar refractivity (Wildman–Crippen MR) is 145 cm³/mol. The van der Waals surface area contributed by atoms with E-state index in [1.54, 1.807) is 0 Å². The van der Waals surface area contributed by atoms with Gasteiger partial charge in [-0.25, -0.2) is 9.48 Å². The molecule has 0 fully saturated rings. The largest absolute Gasteiger partial charge is 0.462 e. The summed E-state index contributed by atoms with van der Waals surface area (Å²) in [4.78, 5) is 26.9. The molecule has 1 unspecified atom stereocenters. The molecule has 186 valence electrons. The number of nitrogens with zero attached hydrogens (tertiary/aromatic N) is 2. The van der Waals surface area contributed by atoms with Gasteiger partial charge in [0, 0.05) is 46.5 Å². The van der Waals surface area contributed by atoms with Crippen LogP contribution in [0.25, 0.3) is 16.9 Å². The van der Waals surface area contributed by atoms with Crippen LogP contribution in [0.3, 0.4) is 0 Å². The summed E-state index contributed by atoms with van der Waals surface area (Å²) >= 11 is 1.41. The number of esters is 1. The van der Waals surface area contributed by atoms with Crippen LogP contribution in [0.4, 0.5) is 5.00 Å². The lowest BCUT2D eigenvalue weighted by Crippen LogP contribution is -2.26. The fourth-order valence-corrected chi connectivity index (χ4v) is 6.58. The number of ketones is 1. The van der Waals surface area contributed by atoms with Crippen LogP contribution in [-0.4, -0.2) is 28.1 Å². The number of hydrogen-bond acceptors (Lipinski definition) is 6. The summed E-state index contributed by atoms with van der Waals surface area (Å²) in [6.45, 7) is 4.08. The number of aromatic nitrogens is 2. The van der Waals surface area contributed by atoms with E-state index in [9.17, 15) is 9.59 Å². The first kappa shape index (κ1) is 23.4. The lowest BCUT2D eigenvalue weighted by Gasteiger charge is -2.32. The molecule has 1 aliphatic heterocycles. The van der Waals surface area contributed by atoms with Gasteiger partial charge >= 0.3 is 5.97 Å². The van der Waals surface area contributed by atoms with Crippen molar-refractivity contribution in [2.24, 2.45) is 0 Å². The lowest BCUT2D eigenvalue weighted by molar-refractivity contribution is -0.116. The summed E-state index contributed by atoms with van der Waals surface area (Å²) in [6, 6.07) is 20.1. The minimum atomic E-state index is -0.328. The molecule has 1 N–H and O–H groups in total. The summed E-state index contributed by atoms with van der Waals surface area (Å²) < 4.78 is 7.26. The minimum Gasteiger partial charge on any atom is -0.462 e. The predicted octanol–water partition coefficient (Wildman–Crippen LogP) is 6.65. The van der Waals surface area contributed by atoms with E-state index in [4.69, 9.17) is 9.84 Å². The van der Waals surface area contributed by atoms with Gasteiger partial charge in [0.2, 0.25) is 0 Å². The Labute approximate surface area is 219 Å². The molecule has 6 nitrogen and oxygen atoms in total. The van der Waals surface area contributed by atoms with Crippen LogP contribution in [0.2, 0.25) is 0 Å². The molecule has 4 aromatic rings. The number of fused-ring (bicyclic) bond motifs is 1. The Kier molecular flexibility index (Phi) is 6.00. The Morgan fingerprint density at radius 3 is 2.57 bits per heavy atom. The van der Waals surface area contributed by atoms with Crippen molar-refractivity contribution in [3.63, 3.8) is 0 Å². The molecule has 1 aliphatic carbocycles. The smallest absolute Gasteiger partial charge is 0.348 e. The number of hydrogen-bond donors (Lipinski definition) is 1. The van der Waals surface area contributed by atoms with Gasteiger partial charge < -0.3 is 10.1 Å². The number of carbonyl (C=O) groups is 2. The summed E-state index contributed by atoms with van der Waals surface area (Å²) in [6.07, 6.45) is 4.19. The molecule has 0 spiro atoms. The Balaban J connectivity index is 1.62. The van der Waals surface area contributed by atoms with Gasteiger partial charge in [0.05, 0.1) is 23.0 Å². The molecule has 7 heteroatoms. The lowest BCUT2D eigenvalue weighted by atomic mass is 9.75. The molecule has 3 heterocycles. The van der Waals surface area contributed by atoms with Crippen LogP contribution in [0.15, 0.2) is 78.1 Å². The highest BCUT2D eigenvalue weighted by Gasteiger charge is 2.40. The molecule has 2 aromatic carbocycles. The fourth-order valence-electron chi connectivity index (χ4n) is 5.41. The number of para-hydroxylation sites is 1. The highest BCUT2D eigenvalue weighted by Crippen LogP contribution is 2.52. The van der Waals surface area contributed by atoms with Crippen molar-refractivity contribution >= 4 is 28.1 Å². The normalized spacial score (nSPS) is 16.7. The molecule has 37 heavy (non-hydrogen) atoms. The number of nitrogens with one attached hydrogen (secondary N) is 1. The summed E-state index contributed by atoms with van der Waals surface area (Å²) in [5, 5.41) is 9.47. The maximum absolute atomic E-state index is 13.5. The van der Waals surface area contributed by atoms with Crippen LogP contribution in [-0.2, 0) is 9.53 Å². The summed E-state index contributed by atoms with van der Waals surface area (Å²) in [7, 11) is 0. The summed E-state index contributed by atoms with van der Waals surface area (Å²) in [5.41, 5.74) is 7.28. The molecular weight excluding hydrogens is 482 g/mol. The van der Waals surface area contributed by atoms with Gasteiger partial charge in [-0.1, -0.05) is 48.5 Å². The van der Waals surface area contributed by atoms with E-state index < -0.39 is 0 Å². The van der Waals surface area contributed by atoms with E-state index in [2.05, 4.69) is 5.32 Å². The van der Waals surface area contributed by atoms with Crippen LogP contribution < -0.4 is 5.32 Å². The van der Waals surface area contributed by atoms with Gasteiger partial charge in [-0.3, -0.25) is 4.79 Å². The number of allylic oxidation sites excluding steroid dienone is 2. The molecule has 2 aromatic heterocycles. The van der Waals surface area contributed by atoms with Gasteiger partial charge in [0.25, 0.3) is 0 Å². The van der Waals surface area contributed by atoms with E-state index in [0.29, 0.717) is 17.9 Å². The number of rotatable bonds is 5. The summed E-state index contributed by atoms with van der Waals surface area (Å²) in [5.74, 6) is -0.502. The third kappa shape index (κ3) is 4.00. The van der Waals surface area contributed by atoms with E-state index in [0.717, 1.165) is 62.7 Å². The molecule has 0 amide bonds. The monoisotopic (exact) mass is 509 g/mol. The van der Waals surface area contributed by atoms with Crippen molar-refractivity contribution in [1.29, 1.82) is 0 Å². The number of carbonyl (C=O) groups excluding carboxylic acids is 2. The second-order valence-electron chi connectivity index (χ2n) is 9.33. The van der Waals surface area contributed by atoms with E-state index in [1.165, 1.54) is 11.3 Å². The number of ether oxygens (including phenoxy) is 1. The molecule has 2 aliphatic rings. The molecule has 0 bridgehead atoms. The second-order valence-corrected chi connectivity index (χ2v) is 10.3. The van der Waals surface area contributed by atoms with Crippen LogP contribution >= 0.6 is 11.3 Å². The topological polar surface area (TPSA) is 73.2 Å². The Bertz CT molecular complexity index is 1530. The highest BCUT2D eigenvalue weighted by molar-refractivity contribution is 7.18. The van der Waals surface area contributed by atoms with E-state index in [1.807, 2.05) is 85.4 Å². The van der Waals surface area contributed by atoms with Crippen LogP contribution in [0.5, 0.6) is 0 Å². The van der Waals surface area contributed by atoms with Crippen molar-refractivity contribution in [1.82, 2.24) is 9.78 Å². The third-order valence-corrected chi connectivity index (χ3v) is 8.28. The Morgan fingerprint density at radius 1 is 1.11 bits per heavy atom. The van der Waals surface area contributed by atoms with Crippen molar-refractivity contribution in [2.45, 2.75) is 39.0 Å². The Morgan fingerprint density at radius 2 is 1.84 bits per heavy atom. The Hall–Kier alpha value is -3.97. The van der Waals surface area contributed by atoms with Crippen molar-refractivity contribution < 1.29 is 14.3 Å². The average Bonchev–Trinajstić information content (AvgIpc) is 3.51. The first-order valence-corrected chi connectivity index (χ1v) is 13.4. The highest BCUT2D eigenvalue weighted by atomic mass is 32.1. The average molecular weight is 510 g/mol. The second kappa shape index (κ2) is 9.48. The maximum atomic E-state index is 13.5. The van der Waals surface area contributed by atoms with Crippen molar-refractivity contribution in [3.05, 3.63) is 99.7 Å². The van der Waals surface area contributed by atoms with Gasteiger partial charge in [-0.15, -0.1) is 11.3 Å².